The van der Waals surface area contributed by atoms with Crippen molar-refractivity contribution >= 4 is 40.2 Å². The lowest BCUT2D eigenvalue weighted by atomic mass is 10.2. The van der Waals surface area contributed by atoms with Gasteiger partial charge in [0, 0.05) is 16.6 Å². The summed E-state index contributed by atoms with van der Waals surface area (Å²) in [6.07, 6.45) is 0. The highest BCUT2D eigenvalue weighted by molar-refractivity contribution is 7.14. The SMILES string of the molecule is Cc1cc(C(=O)Nc2ccc(Cl)c([N+](=O)[O-])c2)sc1C. The number of nitrogens with one attached hydrogen (secondary N) is 1. The summed E-state index contributed by atoms with van der Waals surface area (Å²) in [6, 6.07) is 5.95. The van der Waals surface area contributed by atoms with Crippen molar-refractivity contribution < 1.29 is 9.72 Å². The van der Waals surface area contributed by atoms with Gasteiger partial charge in [0.1, 0.15) is 5.02 Å². The molecule has 7 heteroatoms. The van der Waals surface area contributed by atoms with E-state index < -0.39 is 4.92 Å². The Bertz CT molecular complexity index is 677. The molecule has 20 heavy (non-hydrogen) atoms. The molecule has 0 unspecified atom stereocenters. The van der Waals surface area contributed by atoms with Gasteiger partial charge in [0.25, 0.3) is 11.6 Å². The third kappa shape index (κ3) is 2.97. The predicted octanol–water partition coefficient (Wildman–Crippen LogP) is 4.18. The molecule has 1 N–H and O–H groups in total. The van der Waals surface area contributed by atoms with E-state index in [1.807, 2.05) is 13.8 Å². The molecular formula is C13H11ClN2O3S. The van der Waals surface area contributed by atoms with Crippen molar-refractivity contribution in [3.63, 3.8) is 0 Å². The second kappa shape index (κ2) is 5.60. The van der Waals surface area contributed by atoms with Gasteiger partial charge in [-0.15, -0.1) is 11.3 Å². The molecule has 0 aliphatic rings. The lowest BCUT2D eigenvalue weighted by Crippen LogP contribution is -2.10. The second-order valence-electron chi connectivity index (χ2n) is 4.23. The molecule has 1 heterocycles. The number of anilines is 1. The van der Waals surface area contributed by atoms with Crippen LogP contribution in [0.25, 0.3) is 0 Å². The fourth-order valence-electron chi connectivity index (χ4n) is 1.61. The number of hydrogen-bond donors (Lipinski definition) is 1. The van der Waals surface area contributed by atoms with Crippen LogP contribution in [0.15, 0.2) is 24.3 Å². The van der Waals surface area contributed by atoms with E-state index in [9.17, 15) is 14.9 Å². The molecule has 5 nitrogen and oxygen atoms in total. The van der Waals surface area contributed by atoms with Gasteiger partial charge < -0.3 is 5.32 Å². The van der Waals surface area contributed by atoms with Crippen LogP contribution in [0.4, 0.5) is 11.4 Å². The third-order valence-electron chi connectivity index (χ3n) is 2.79. The van der Waals surface area contributed by atoms with Crippen LogP contribution >= 0.6 is 22.9 Å². The Balaban J connectivity index is 2.24. The average molecular weight is 311 g/mol. The van der Waals surface area contributed by atoms with Gasteiger partial charge in [-0.05, 0) is 37.6 Å². The van der Waals surface area contributed by atoms with Crippen molar-refractivity contribution in [2.24, 2.45) is 0 Å². The Morgan fingerprint density at radius 1 is 1.35 bits per heavy atom. The molecule has 0 bridgehead atoms. The predicted molar refractivity (Wildman–Crippen MR) is 79.9 cm³/mol. The fraction of sp³-hybridized carbons (Fsp3) is 0.154. The first kappa shape index (κ1) is 14.5. The number of nitro benzene ring substituents is 1. The molecule has 0 fully saturated rings. The number of nitro groups is 1. The molecular weight excluding hydrogens is 300 g/mol. The second-order valence-corrected chi connectivity index (χ2v) is 5.89. The largest absolute Gasteiger partial charge is 0.321 e. The van der Waals surface area contributed by atoms with Gasteiger partial charge in [0.2, 0.25) is 0 Å². The van der Waals surface area contributed by atoms with Crippen LogP contribution in [0.5, 0.6) is 0 Å². The van der Waals surface area contributed by atoms with Crippen molar-refractivity contribution in [2.75, 3.05) is 5.32 Å². The van der Waals surface area contributed by atoms with Crippen molar-refractivity contribution in [3.8, 4) is 0 Å². The van der Waals surface area contributed by atoms with Crippen molar-refractivity contribution in [2.45, 2.75) is 13.8 Å². The van der Waals surface area contributed by atoms with Gasteiger partial charge in [0.05, 0.1) is 9.80 Å². The molecule has 0 spiro atoms. The van der Waals surface area contributed by atoms with Crippen LogP contribution in [0, 0.1) is 24.0 Å². The number of carbonyl (C=O) groups excluding carboxylic acids is 1. The van der Waals surface area contributed by atoms with E-state index in [1.165, 1.54) is 29.5 Å². The van der Waals surface area contributed by atoms with Gasteiger partial charge in [-0.2, -0.15) is 0 Å². The molecule has 0 aliphatic heterocycles. The van der Waals surface area contributed by atoms with Crippen molar-refractivity contribution in [3.05, 3.63) is 54.7 Å². The molecule has 0 atom stereocenters. The van der Waals surface area contributed by atoms with E-state index in [4.69, 9.17) is 11.6 Å². The van der Waals surface area contributed by atoms with E-state index in [0.717, 1.165) is 10.4 Å². The zero-order valence-electron chi connectivity index (χ0n) is 10.8. The number of amides is 1. The normalized spacial score (nSPS) is 10.3. The summed E-state index contributed by atoms with van der Waals surface area (Å²) >= 11 is 7.10. The summed E-state index contributed by atoms with van der Waals surface area (Å²) in [5.74, 6) is -0.289. The molecule has 1 aromatic carbocycles. The highest BCUT2D eigenvalue weighted by Crippen LogP contribution is 2.28. The first-order chi connectivity index (χ1) is 9.38. The summed E-state index contributed by atoms with van der Waals surface area (Å²) in [6.45, 7) is 3.86. The average Bonchev–Trinajstić information content (AvgIpc) is 2.72. The van der Waals surface area contributed by atoms with Crippen molar-refractivity contribution in [1.29, 1.82) is 0 Å². The Morgan fingerprint density at radius 3 is 2.60 bits per heavy atom. The minimum atomic E-state index is -0.586. The number of carbonyl (C=O) groups is 1. The number of aryl methyl sites for hydroxylation is 2. The number of halogens is 1. The summed E-state index contributed by atoms with van der Waals surface area (Å²) in [4.78, 5) is 23.9. The fourth-order valence-corrected chi connectivity index (χ4v) is 2.72. The number of nitrogens with zero attached hydrogens (tertiary/aromatic N) is 1. The van der Waals surface area contributed by atoms with Gasteiger partial charge in [0.15, 0.2) is 0 Å². The first-order valence-electron chi connectivity index (χ1n) is 5.71. The Kier molecular flexibility index (Phi) is 4.06. The lowest BCUT2D eigenvalue weighted by Gasteiger charge is -2.04. The van der Waals surface area contributed by atoms with Crippen LogP contribution in [0.3, 0.4) is 0 Å². The standard InChI is InChI=1S/C13H11ClN2O3S/c1-7-5-12(20-8(7)2)13(17)15-9-3-4-10(14)11(6-9)16(18)19/h3-6H,1-2H3,(H,15,17). The Hall–Kier alpha value is -1.92. The molecule has 0 aliphatic carbocycles. The molecule has 2 rings (SSSR count). The smallest absolute Gasteiger partial charge is 0.289 e. The quantitative estimate of drug-likeness (QED) is 0.682. The molecule has 2 aromatic rings. The number of benzene rings is 1. The minimum Gasteiger partial charge on any atom is -0.321 e. The minimum absolute atomic E-state index is 0.0378. The maximum atomic E-state index is 12.0. The van der Waals surface area contributed by atoms with E-state index in [0.29, 0.717) is 10.6 Å². The van der Waals surface area contributed by atoms with Gasteiger partial charge in [-0.25, -0.2) is 0 Å². The maximum absolute atomic E-state index is 12.0. The van der Waals surface area contributed by atoms with E-state index in [1.54, 1.807) is 6.07 Å². The molecule has 1 aromatic heterocycles. The van der Waals surface area contributed by atoms with Crippen LogP contribution in [0.1, 0.15) is 20.1 Å². The van der Waals surface area contributed by atoms with Crippen molar-refractivity contribution in [1.82, 2.24) is 0 Å². The first-order valence-corrected chi connectivity index (χ1v) is 6.90. The number of thiophene rings is 1. The van der Waals surface area contributed by atoms with E-state index in [2.05, 4.69) is 5.32 Å². The molecule has 0 radical (unpaired) electrons. The zero-order chi connectivity index (χ0) is 14.9. The third-order valence-corrected chi connectivity index (χ3v) is 4.26. The van der Waals surface area contributed by atoms with Crippen LogP contribution in [0.2, 0.25) is 5.02 Å². The summed E-state index contributed by atoms with van der Waals surface area (Å²) < 4.78 is 0. The summed E-state index contributed by atoms with van der Waals surface area (Å²) in [7, 11) is 0. The van der Waals surface area contributed by atoms with Gasteiger partial charge >= 0.3 is 0 Å². The highest BCUT2D eigenvalue weighted by Gasteiger charge is 2.15. The monoisotopic (exact) mass is 310 g/mol. The maximum Gasteiger partial charge on any atom is 0.289 e. The van der Waals surface area contributed by atoms with E-state index in [-0.39, 0.29) is 16.6 Å². The highest BCUT2D eigenvalue weighted by atomic mass is 35.5. The lowest BCUT2D eigenvalue weighted by molar-refractivity contribution is -0.384. The van der Waals surface area contributed by atoms with Crippen LogP contribution in [-0.4, -0.2) is 10.8 Å². The molecule has 1 amide bonds. The Labute approximate surface area is 124 Å². The number of rotatable bonds is 3. The zero-order valence-corrected chi connectivity index (χ0v) is 12.3. The van der Waals surface area contributed by atoms with E-state index >= 15 is 0 Å². The van der Waals surface area contributed by atoms with Gasteiger partial charge in [-0.1, -0.05) is 11.6 Å². The van der Waals surface area contributed by atoms with Crippen LogP contribution in [-0.2, 0) is 0 Å². The van der Waals surface area contributed by atoms with Crippen LogP contribution < -0.4 is 5.32 Å². The molecule has 104 valence electrons. The number of hydrogen-bond acceptors (Lipinski definition) is 4. The molecule has 0 saturated carbocycles. The topological polar surface area (TPSA) is 72.2 Å². The Morgan fingerprint density at radius 2 is 2.05 bits per heavy atom. The summed E-state index contributed by atoms with van der Waals surface area (Å²) in [5.41, 5.74) is 1.15. The van der Waals surface area contributed by atoms with Gasteiger partial charge in [-0.3, -0.25) is 14.9 Å². The summed E-state index contributed by atoms with van der Waals surface area (Å²) in [5, 5.41) is 13.5. The molecule has 0 saturated heterocycles.